The van der Waals surface area contributed by atoms with Crippen molar-refractivity contribution < 1.29 is 0 Å². The van der Waals surface area contributed by atoms with Crippen LogP contribution >= 0.6 is 11.3 Å². The number of rotatable bonds is 5. The van der Waals surface area contributed by atoms with Crippen molar-refractivity contribution in [3.63, 3.8) is 0 Å². The van der Waals surface area contributed by atoms with E-state index in [0.29, 0.717) is 6.04 Å². The molecule has 1 aromatic rings. The zero-order valence-electron chi connectivity index (χ0n) is 12.7. The molecule has 1 saturated heterocycles. The van der Waals surface area contributed by atoms with Gasteiger partial charge in [-0.25, -0.2) is 0 Å². The number of hydrogen-bond donors (Lipinski definition) is 1. The molecule has 3 heteroatoms. The highest BCUT2D eigenvalue weighted by molar-refractivity contribution is 7.10. The molecule has 4 atom stereocenters. The minimum Gasteiger partial charge on any atom is -0.308 e. The molecule has 2 heterocycles. The first-order chi connectivity index (χ1) is 9.08. The number of nitrogens with zero attached hydrogens (tertiary/aromatic N) is 1. The van der Waals surface area contributed by atoms with Crippen molar-refractivity contribution in [1.29, 1.82) is 0 Å². The highest BCUT2D eigenvalue weighted by atomic mass is 32.1. The third kappa shape index (κ3) is 4.04. The Morgan fingerprint density at radius 1 is 1.42 bits per heavy atom. The highest BCUT2D eigenvalue weighted by Crippen LogP contribution is 2.26. The second kappa shape index (κ2) is 6.87. The summed E-state index contributed by atoms with van der Waals surface area (Å²) in [6.45, 7) is 13.0. The van der Waals surface area contributed by atoms with Crippen LogP contribution in [-0.2, 0) is 0 Å². The van der Waals surface area contributed by atoms with Crippen LogP contribution in [0.25, 0.3) is 0 Å². The highest BCUT2D eigenvalue weighted by Gasteiger charge is 2.28. The molecule has 2 nitrogen and oxygen atoms in total. The standard InChI is InChI=1S/C16H28N2S/c1-12-10-13(2)15(4)18(11-12)8-7-17-14(3)16-6-5-9-19-16/h5-6,9,12-15,17H,7-8,10-11H2,1-4H3. The average Bonchev–Trinajstić information content (AvgIpc) is 2.88. The lowest BCUT2D eigenvalue weighted by Gasteiger charge is -2.41. The summed E-state index contributed by atoms with van der Waals surface area (Å²) in [5, 5.41) is 5.81. The molecule has 1 aliphatic heterocycles. The number of nitrogens with one attached hydrogen (secondary N) is 1. The normalized spacial score (nSPS) is 30.4. The van der Waals surface area contributed by atoms with Crippen molar-refractivity contribution in [2.45, 2.75) is 46.2 Å². The number of likely N-dealkylation sites (tertiary alicyclic amines) is 1. The Balaban J connectivity index is 1.75. The van der Waals surface area contributed by atoms with Gasteiger partial charge in [0.05, 0.1) is 0 Å². The van der Waals surface area contributed by atoms with Gasteiger partial charge in [-0.05, 0) is 43.6 Å². The molecule has 0 amide bonds. The third-order valence-corrected chi connectivity index (χ3v) is 5.59. The molecule has 19 heavy (non-hydrogen) atoms. The quantitative estimate of drug-likeness (QED) is 0.883. The Bertz CT molecular complexity index is 363. The molecule has 1 fully saturated rings. The van der Waals surface area contributed by atoms with Gasteiger partial charge < -0.3 is 5.32 Å². The molecule has 108 valence electrons. The fourth-order valence-electron chi connectivity index (χ4n) is 3.19. The maximum absolute atomic E-state index is 3.65. The summed E-state index contributed by atoms with van der Waals surface area (Å²) in [7, 11) is 0. The monoisotopic (exact) mass is 280 g/mol. The molecule has 0 aromatic carbocycles. The molecule has 0 spiro atoms. The Hall–Kier alpha value is -0.380. The number of piperidine rings is 1. The van der Waals surface area contributed by atoms with Crippen LogP contribution in [0.5, 0.6) is 0 Å². The smallest absolute Gasteiger partial charge is 0.0386 e. The van der Waals surface area contributed by atoms with Crippen LogP contribution in [0.3, 0.4) is 0 Å². The van der Waals surface area contributed by atoms with Gasteiger partial charge in [-0.3, -0.25) is 4.90 Å². The van der Waals surface area contributed by atoms with E-state index in [1.807, 2.05) is 11.3 Å². The van der Waals surface area contributed by atoms with E-state index >= 15 is 0 Å². The van der Waals surface area contributed by atoms with E-state index in [9.17, 15) is 0 Å². The molecule has 2 rings (SSSR count). The molecule has 0 aliphatic carbocycles. The van der Waals surface area contributed by atoms with E-state index in [1.54, 1.807) is 0 Å². The first-order valence-corrected chi connectivity index (χ1v) is 8.46. The van der Waals surface area contributed by atoms with Gasteiger partial charge in [-0.15, -0.1) is 11.3 Å². The summed E-state index contributed by atoms with van der Waals surface area (Å²) in [5.41, 5.74) is 0. The molecule has 4 unspecified atom stereocenters. The third-order valence-electron chi connectivity index (χ3n) is 4.54. The van der Waals surface area contributed by atoms with Crippen molar-refractivity contribution >= 4 is 11.3 Å². The second-order valence-corrected chi connectivity index (χ2v) is 7.22. The fourth-order valence-corrected chi connectivity index (χ4v) is 3.95. The van der Waals surface area contributed by atoms with Gasteiger partial charge in [-0.1, -0.05) is 19.9 Å². The van der Waals surface area contributed by atoms with Crippen LogP contribution in [0.2, 0.25) is 0 Å². The van der Waals surface area contributed by atoms with Crippen molar-refractivity contribution in [3.8, 4) is 0 Å². The van der Waals surface area contributed by atoms with E-state index < -0.39 is 0 Å². The first-order valence-electron chi connectivity index (χ1n) is 7.58. The van der Waals surface area contributed by atoms with Crippen molar-refractivity contribution in [1.82, 2.24) is 10.2 Å². The molecule has 0 radical (unpaired) electrons. The zero-order chi connectivity index (χ0) is 13.8. The molecule has 0 saturated carbocycles. The largest absolute Gasteiger partial charge is 0.308 e. The number of thiophene rings is 1. The van der Waals surface area contributed by atoms with Gasteiger partial charge in [0.15, 0.2) is 0 Å². The van der Waals surface area contributed by atoms with Gasteiger partial charge in [-0.2, -0.15) is 0 Å². The van der Waals surface area contributed by atoms with E-state index in [1.165, 1.54) is 24.4 Å². The molecular formula is C16H28N2S. The topological polar surface area (TPSA) is 15.3 Å². The van der Waals surface area contributed by atoms with Crippen LogP contribution in [0, 0.1) is 11.8 Å². The maximum Gasteiger partial charge on any atom is 0.0386 e. The van der Waals surface area contributed by atoms with Crippen LogP contribution in [0.4, 0.5) is 0 Å². The summed E-state index contributed by atoms with van der Waals surface area (Å²) in [6.07, 6.45) is 1.39. The van der Waals surface area contributed by atoms with Crippen molar-refractivity contribution in [2.24, 2.45) is 11.8 Å². The molecule has 1 aliphatic rings. The Morgan fingerprint density at radius 2 is 2.21 bits per heavy atom. The summed E-state index contributed by atoms with van der Waals surface area (Å²) < 4.78 is 0. The zero-order valence-corrected chi connectivity index (χ0v) is 13.5. The number of hydrogen-bond acceptors (Lipinski definition) is 3. The van der Waals surface area contributed by atoms with Crippen LogP contribution in [0.15, 0.2) is 17.5 Å². The fraction of sp³-hybridized carbons (Fsp3) is 0.750. The van der Waals surface area contributed by atoms with Crippen molar-refractivity contribution in [3.05, 3.63) is 22.4 Å². The van der Waals surface area contributed by atoms with Crippen LogP contribution in [-0.4, -0.2) is 30.6 Å². The van der Waals surface area contributed by atoms with Gasteiger partial charge in [0.25, 0.3) is 0 Å². The molecule has 0 bridgehead atoms. The Labute approximate surface area is 122 Å². The van der Waals surface area contributed by atoms with Crippen LogP contribution in [0.1, 0.15) is 45.0 Å². The summed E-state index contributed by atoms with van der Waals surface area (Å²) in [4.78, 5) is 4.10. The molecule has 1 N–H and O–H groups in total. The SMILES string of the molecule is CC1CC(C)C(C)N(CCNC(C)c2cccs2)C1. The molecular weight excluding hydrogens is 252 g/mol. The van der Waals surface area contributed by atoms with E-state index in [0.717, 1.165) is 24.4 Å². The van der Waals surface area contributed by atoms with Gasteiger partial charge in [0.2, 0.25) is 0 Å². The maximum atomic E-state index is 3.65. The summed E-state index contributed by atoms with van der Waals surface area (Å²) in [5.74, 6) is 1.68. The lowest BCUT2D eigenvalue weighted by molar-refractivity contribution is 0.0802. The summed E-state index contributed by atoms with van der Waals surface area (Å²) in [6, 6.07) is 5.56. The van der Waals surface area contributed by atoms with E-state index in [2.05, 4.69) is 55.4 Å². The van der Waals surface area contributed by atoms with E-state index in [4.69, 9.17) is 0 Å². The van der Waals surface area contributed by atoms with Gasteiger partial charge in [0.1, 0.15) is 0 Å². The second-order valence-electron chi connectivity index (χ2n) is 6.24. The van der Waals surface area contributed by atoms with Crippen LogP contribution < -0.4 is 5.32 Å². The minimum atomic E-state index is 0.481. The van der Waals surface area contributed by atoms with Gasteiger partial charge >= 0.3 is 0 Å². The minimum absolute atomic E-state index is 0.481. The predicted octanol–water partition coefficient (Wildman–Crippen LogP) is 3.77. The average molecular weight is 280 g/mol. The molecule has 1 aromatic heterocycles. The summed E-state index contributed by atoms with van der Waals surface area (Å²) >= 11 is 1.84. The Kier molecular flexibility index (Phi) is 5.43. The lowest BCUT2D eigenvalue weighted by Crippen LogP contribution is -2.48. The Morgan fingerprint density at radius 3 is 2.89 bits per heavy atom. The van der Waals surface area contributed by atoms with Gasteiger partial charge in [0, 0.05) is 36.6 Å². The first kappa shape index (κ1) is 15.0. The van der Waals surface area contributed by atoms with E-state index in [-0.39, 0.29) is 0 Å². The predicted molar refractivity (Wildman–Crippen MR) is 84.7 cm³/mol. The lowest BCUT2D eigenvalue weighted by atomic mass is 9.86. The van der Waals surface area contributed by atoms with Crippen molar-refractivity contribution in [2.75, 3.05) is 19.6 Å².